The molecule has 0 aliphatic carbocycles. The van der Waals surface area contributed by atoms with Crippen LogP contribution in [0.5, 0.6) is 0 Å². The zero-order valence-electron chi connectivity index (χ0n) is 20.9. The third-order valence-corrected chi connectivity index (χ3v) is 7.27. The van der Waals surface area contributed by atoms with Crippen LogP contribution in [0.1, 0.15) is 25.6 Å². The second kappa shape index (κ2) is 8.63. The summed E-state index contributed by atoms with van der Waals surface area (Å²) in [5.41, 5.74) is 6.26. The number of nitrogens with zero attached hydrogens (tertiary/aromatic N) is 4. The van der Waals surface area contributed by atoms with Crippen molar-refractivity contribution >= 4 is 44.9 Å². The van der Waals surface area contributed by atoms with Crippen molar-refractivity contribution in [2.75, 3.05) is 5.32 Å². The number of carbonyl (C=O) groups is 1. The summed E-state index contributed by atoms with van der Waals surface area (Å²) in [7, 11) is 0. The number of rotatable bonds is 4. The van der Waals surface area contributed by atoms with Gasteiger partial charge in [-0.15, -0.1) is 11.3 Å². The van der Waals surface area contributed by atoms with Gasteiger partial charge in [0.1, 0.15) is 5.69 Å². The zero-order chi connectivity index (χ0) is 25.7. The van der Waals surface area contributed by atoms with Gasteiger partial charge in [-0.25, -0.2) is 4.98 Å². The molecule has 0 spiro atoms. The molecular formula is C28H25N7OS. The van der Waals surface area contributed by atoms with Crippen molar-refractivity contribution in [2.45, 2.75) is 27.7 Å². The van der Waals surface area contributed by atoms with Gasteiger partial charge in [0.15, 0.2) is 5.65 Å². The molecule has 184 valence electrons. The molecule has 8 nitrogen and oxygen atoms in total. The lowest BCUT2D eigenvalue weighted by molar-refractivity contribution is -0.123. The molecule has 1 amide bonds. The summed E-state index contributed by atoms with van der Waals surface area (Å²) in [6.45, 7) is 7.74. The van der Waals surface area contributed by atoms with Gasteiger partial charge in [0, 0.05) is 61.2 Å². The van der Waals surface area contributed by atoms with E-state index < -0.39 is 5.41 Å². The van der Waals surface area contributed by atoms with Crippen molar-refractivity contribution in [3.05, 3.63) is 66.2 Å². The Morgan fingerprint density at radius 3 is 2.54 bits per heavy atom. The van der Waals surface area contributed by atoms with Gasteiger partial charge in [0.25, 0.3) is 0 Å². The van der Waals surface area contributed by atoms with Crippen molar-refractivity contribution in [1.29, 1.82) is 0 Å². The number of carbonyl (C=O) groups excluding carboxylic acids is 1. The number of aryl methyl sites for hydroxylation is 1. The molecule has 0 aromatic carbocycles. The minimum absolute atomic E-state index is 0.0671. The molecule has 0 radical (unpaired) electrons. The number of fused-ring (bicyclic) bond motifs is 2. The summed E-state index contributed by atoms with van der Waals surface area (Å²) in [4.78, 5) is 31.8. The van der Waals surface area contributed by atoms with E-state index >= 15 is 0 Å². The molecule has 0 unspecified atom stereocenters. The fourth-order valence-corrected chi connectivity index (χ4v) is 5.10. The SMILES string of the molecule is Cc1ccc(-c2cncc3[nH]c(-c4n[nH]c5ncc(-c6cncc(NC(=O)C(C)(C)C)c6)cc45)cc23)s1. The molecule has 6 aromatic rings. The van der Waals surface area contributed by atoms with Crippen LogP contribution in [-0.4, -0.2) is 36.0 Å². The number of aromatic amines is 2. The quantitative estimate of drug-likeness (QED) is 0.249. The second-order valence-electron chi connectivity index (χ2n) is 10.1. The molecule has 0 aliphatic heterocycles. The lowest BCUT2D eigenvalue weighted by Crippen LogP contribution is -2.27. The van der Waals surface area contributed by atoms with Gasteiger partial charge in [0.2, 0.25) is 5.91 Å². The summed E-state index contributed by atoms with van der Waals surface area (Å²) in [5.74, 6) is -0.0671. The molecule has 37 heavy (non-hydrogen) atoms. The van der Waals surface area contributed by atoms with Crippen molar-refractivity contribution in [3.63, 3.8) is 0 Å². The van der Waals surface area contributed by atoms with E-state index in [1.165, 1.54) is 9.75 Å². The highest BCUT2D eigenvalue weighted by Crippen LogP contribution is 2.36. The summed E-state index contributed by atoms with van der Waals surface area (Å²) in [6.07, 6.45) is 8.94. The van der Waals surface area contributed by atoms with Crippen molar-refractivity contribution < 1.29 is 4.79 Å². The highest BCUT2D eigenvalue weighted by atomic mass is 32.1. The highest BCUT2D eigenvalue weighted by Gasteiger charge is 2.21. The van der Waals surface area contributed by atoms with Crippen molar-refractivity contribution in [3.8, 4) is 33.0 Å². The van der Waals surface area contributed by atoms with Crippen LogP contribution in [-0.2, 0) is 4.79 Å². The van der Waals surface area contributed by atoms with Crippen molar-refractivity contribution in [2.24, 2.45) is 5.41 Å². The first-order valence-electron chi connectivity index (χ1n) is 11.9. The van der Waals surface area contributed by atoms with Crippen LogP contribution in [0.4, 0.5) is 5.69 Å². The van der Waals surface area contributed by atoms with E-state index in [9.17, 15) is 4.79 Å². The van der Waals surface area contributed by atoms with Gasteiger partial charge in [-0.05, 0) is 37.3 Å². The maximum absolute atomic E-state index is 12.4. The van der Waals surface area contributed by atoms with Crippen LogP contribution >= 0.6 is 11.3 Å². The molecule has 0 bridgehead atoms. The summed E-state index contributed by atoms with van der Waals surface area (Å²) in [6, 6.07) is 10.3. The average molecular weight is 508 g/mol. The Balaban J connectivity index is 1.40. The third-order valence-electron chi connectivity index (χ3n) is 6.23. The summed E-state index contributed by atoms with van der Waals surface area (Å²) in [5, 5.41) is 12.5. The minimum Gasteiger partial charge on any atom is -0.352 e. The third kappa shape index (κ3) is 4.27. The number of aromatic nitrogens is 6. The van der Waals surface area contributed by atoms with Gasteiger partial charge in [-0.3, -0.25) is 19.9 Å². The maximum Gasteiger partial charge on any atom is 0.229 e. The smallest absolute Gasteiger partial charge is 0.229 e. The van der Waals surface area contributed by atoms with Crippen LogP contribution in [0.3, 0.4) is 0 Å². The Kier molecular flexibility index (Phi) is 5.38. The second-order valence-corrected chi connectivity index (χ2v) is 11.4. The zero-order valence-corrected chi connectivity index (χ0v) is 21.7. The molecule has 0 fully saturated rings. The van der Waals surface area contributed by atoms with Gasteiger partial charge < -0.3 is 10.3 Å². The fourth-order valence-electron chi connectivity index (χ4n) is 4.21. The van der Waals surface area contributed by atoms with Gasteiger partial charge in [-0.2, -0.15) is 5.10 Å². The van der Waals surface area contributed by atoms with E-state index in [0.717, 1.165) is 44.4 Å². The standard InChI is InChI=1S/C28H25N7OS/c1-15-5-6-24(37-15)21-13-30-14-23-19(21)9-22(33-23)25-20-8-17(11-31-26(20)35-34-25)16-7-18(12-29-10-16)32-27(36)28(2,3)4/h5-14,33H,1-4H3,(H,32,36)(H,31,34,35). The first kappa shape index (κ1) is 23.1. The number of nitrogens with one attached hydrogen (secondary N) is 3. The molecular weight excluding hydrogens is 482 g/mol. The largest absolute Gasteiger partial charge is 0.352 e. The number of hydrogen-bond acceptors (Lipinski definition) is 6. The Hall–Kier alpha value is -4.37. The molecule has 6 heterocycles. The maximum atomic E-state index is 12.4. The molecule has 0 atom stereocenters. The molecule has 6 rings (SSSR count). The van der Waals surface area contributed by atoms with E-state index in [1.807, 2.05) is 45.3 Å². The predicted molar refractivity (Wildman–Crippen MR) is 148 cm³/mol. The predicted octanol–water partition coefficient (Wildman–Crippen LogP) is 6.58. The Labute approximate surface area is 217 Å². The molecule has 6 aromatic heterocycles. The van der Waals surface area contributed by atoms with E-state index in [1.54, 1.807) is 29.9 Å². The summed E-state index contributed by atoms with van der Waals surface area (Å²) >= 11 is 1.75. The Bertz CT molecular complexity index is 1790. The summed E-state index contributed by atoms with van der Waals surface area (Å²) < 4.78 is 0. The lowest BCUT2D eigenvalue weighted by Gasteiger charge is -2.17. The van der Waals surface area contributed by atoms with Gasteiger partial charge in [0.05, 0.1) is 29.3 Å². The fraction of sp³-hybridized carbons (Fsp3) is 0.179. The van der Waals surface area contributed by atoms with E-state index in [2.05, 4.69) is 60.6 Å². The van der Waals surface area contributed by atoms with Crippen LogP contribution in [0.25, 0.3) is 54.9 Å². The number of pyridine rings is 3. The van der Waals surface area contributed by atoms with Crippen LogP contribution < -0.4 is 5.32 Å². The topological polar surface area (TPSA) is 112 Å². The normalized spacial score (nSPS) is 11.9. The number of hydrogen-bond donors (Lipinski definition) is 3. The van der Waals surface area contributed by atoms with Crippen LogP contribution in [0, 0.1) is 12.3 Å². The molecule has 0 saturated heterocycles. The molecule has 0 saturated carbocycles. The molecule has 0 aliphatic rings. The number of amides is 1. The highest BCUT2D eigenvalue weighted by molar-refractivity contribution is 7.15. The number of thiophene rings is 1. The first-order valence-corrected chi connectivity index (χ1v) is 12.7. The molecule has 9 heteroatoms. The van der Waals surface area contributed by atoms with Gasteiger partial charge in [-0.1, -0.05) is 20.8 Å². The van der Waals surface area contributed by atoms with E-state index in [0.29, 0.717) is 11.3 Å². The molecule has 3 N–H and O–H groups in total. The van der Waals surface area contributed by atoms with Crippen molar-refractivity contribution in [1.82, 2.24) is 30.1 Å². The lowest BCUT2D eigenvalue weighted by atomic mass is 9.95. The van der Waals surface area contributed by atoms with Gasteiger partial charge >= 0.3 is 0 Å². The number of H-pyrrole nitrogens is 2. The first-order chi connectivity index (χ1) is 17.8. The number of anilines is 1. The van der Waals surface area contributed by atoms with E-state index in [-0.39, 0.29) is 5.91 Å². The van der Waals surface area contributed by atoms with Crippen LogP contribution in [0.2, 0.25) is 0 Å². The van der Waals surface area contributed by atoms with E-state index in [4.69, 9.17) is 0 Å². The Morgan fingerprint density at radius 1 is 0.946 bits per heavy atom. The minimum atomic E-state index is -0.501. The van der Waals surface area contributed by atoms with Crippen LogP contribution in [0.15, 0.2) is 61.3 Å². The Morgan fingerprint density at radius 2 is 1.76 bits per heavy atom. The monoisotopic (exact) mass is 507 g/mol. The average Bonchev–Trinajstić information content (AvgIpc) is 3.60.